The second-order valence-electron chi connectivity index (χ2n) is 13.1. The molecule has 0 aliphatic heterocycles. The zero-order valence-corrected chi connectivity index (χ0v) is 31.1. The van der Waals surface area contributed by atoms with Gasteiger partial charge in [0.2, 0.25) is 6.79 Å². The van der Waals surface area contributed by atoms with Gasteiger partial charge in [0.15, 0.2) is 0 Å². The van der Waals surface area contributed by atoms with Crippen LogP contribution in [-0.2, 0) is 31.4 Å². The largest absolute Gasteiger partial charge is 0.494 e. The number of esters is 2. The molecule has 0 fully saturated rings. The monoisotopic (exact) mass is 754 g/mol. The Balaban J connectivity index is 1.03. The van der Waals surface area contributed by atoms with Gasteiger partial charge in [0, 0.05) is 23.3 Å². The van der Waals surface area contributed by atoms with Crippen LogP contribution in [0, 0.1) is 0 Å². The first-order valence-corrected chi connectivity index (χ1v) is 18.7. The average molecular weight is 755 g/mol. The molecule has 0 saturated heterocycles. The van der Waals surface area contributed by atoms with Crippen molar-refractivity contribution in [1.82, 2.24) is 0 Å². The molecule has 290 valence electrons. The highest BCUT2D eigenvalue weighted by atomic mass is 19.3. The van der Waals surface area contributed by atoms with Crippen LogP contribution in [0.4, 0.5) is 8.78 Å². The zero-order valence-electron chi connectivity index (χ0n) is 31.1. The van der Waals surface area contributed by atoms with Crippen molar-refractivity contribution in [2.45, 2.75) is 63.7 Å². The molecule has 1 aliphatic carbocycles. The minimum Gasteiger partial charge on any atom is -0.494 e. The summed E-state index contributed by atoms with van der Waals surface area (Å²) in [5, 5.41) is 0. The lowest BCUT2D eigenvalue weighted by Crippen LogP contribution is -2.12. The lowest BCUT2D eigenvalue weighted by Gasteiger charge is -2.15. The summed E-state index contributed by atoms with van der Waals surface area (Å²) >= 11 is 0. The van der Waals surface area contributed by atoms with Crippen molar-refractivity contribution in [3.8, 4) is 34.1 Å². The molecular weight excluding hydrogens is 706 g/mol. The van der Waals surface area contributed by atoms with Gasteiger partial charge in [-0.05, 0) is 135 Å². The number of carbonyl (C=O) groups excluding carboxylic acids is 2. The molecule has 0 bridgehead atoms. The summed E-state index contributed by atoms with van der Waals surface area (Å²) in [5.41, 5.74) is 2.69. The third kappa shape index (κ3) is 12.2. The molecular formula is C45H48F2O8. The maximum Gasteiger partial charge on any atom is 0.330 e. The van der Waals surface area contributed by atoms with Crippen LogP contribution in [0.15, 0.2) is 110 Å². The van der Waals surface area contributed by atoms with Crippen molar-refractivity contribution in [1.29, 1.82) is 0 Å². The number of halogens is 2. The third-order valence-electron chi connectivity index (χ3n) is 9.09. The van der Waals surface area contributed by atoms with E-state index in [0.717, 1.165) is 80.4 Å². The van der Waals surface area contributed by atoms with Gasteiger partial charge in [0.05, 0.1) is 26.4 Å². The third-order valence-corrected chi connectivity index (χ3v) is 9.09. The number of hydrogen-bond donors (Lipinski definition) is 0. The van der Waals surface area contributed by atoms with Crippen LogP contribution in [0.3, 0.4) is 0 Å². The predicted octanol–water partition coefficient (Wildman–Crippen LogP) is 10.1. The number of rotatable bonds is 24. The summed E-state index contributed by atoms with van der Waals surface area (Å²) in [6.07, 6.45) is 10.0. The number of unbranched alkanes of at least 4 members (excludes halogenated alkanes) is 6. The first-order chi connectivity index (χ1) is 26.8. The van der Waals surface area contributed by atoms with E-state index in [1.807, 2.05) is 30.3 Å². The number of alkyl halides is 2. The highest BCUT2D eigenvalue weighted by molar-refractivity contribution is 5.82. The minimum atomic E-state index is -3.18. The smallest absolute Gasteiger partial charge is 0.330 e. The van der Waals surface area contributed by atoms with Crippen molar-refractivity contribution in [2.75, 3.05) is 33.2 Å². The lowest BCUT2D eigenvalue weighted by molar-refractivity contribution is -0.138. The Morgan fingerprint density at radius 2 is 0.927 bits per heavy atom. The van der Waals surface area contributed by atoms with Gasteiger partial charge in [-0.3, -0.25) is 0 Å². The summed E-state index contributed by atoms with van der Waals surface area (Å²) in [7, 11) is 0. The Morgan fingerprint density at radius 3 is 1.47 bits per heavy atom. The molecule has 0 unspecified atom stereocenters. The molecule has 1 aliphatic rings. The van der Waals surface area contributed by atoms with Gasteiger partial charge in [-0.1, -0.05) is 43.5 Å². The quantitative estimate of drug-likeness (QED) is 0.0302. The van der Waals surface area contributed by atoms with E-state index in [-0.39, 0.29) is 17.9 Å². The van der Waals surface area contributed by atoms with Gasteiger partial charge < -0.3 is 28.4 Å². The van der Waals surface area contributed by atoms with Gasteiger partial charge in [-0.15, -0.1) is 0 Å². The fourth-order valence-electron chi connectivity index (χ4n) is 6.14. The molecule has 10 heteroatoms. The summed E-state index contributed by atoms with van der Waals surface area (Å²) in [6, 6.07) is 24.9. The van der Waals surface area contributed by atoms with Gasteiger partial charge >= 0.3 is 11.9 Å². The van der Waals surface area contributed by atoms with E-state index in [1.165, 1.54) is 6.07 Å². The van der Waals surface area contributed by atoms with Crippen molar-refractivity contribution in [3.05, 3.63) is 132 Å². The van der Waals surface area contributed by atoms with E-state index in [2.05, 4.69) is 13.2 Å². The molecule has 0 saturated carbocycles. The zero-order chi connectivity index (χ0) is 38.9. The molecule has 4 aromatic rings. The van der Waals surface area contributed by atoms with Crippen LogP contribution in [0.5, 0.6) is 23.0 Å². The molecule has 0 spiro atoms. The molecule has 0 aromatic heterocycles. The highest BCUT2D eigenvalue weighted by Gasteiger charge is 2.44. The number of carbonyl (C=O) groups is 2. The second kappa shape index (κ2) is 20.7. The topological polar surface area (TPSA) is 89.5 Å². The molecule has 0 amide bonds. The van der Waals surface area contributed by atoms with Gasteiger partial charge in [-0.2, -0.15) is 8.78 Å². The molecule has 55 heavy (non-hydrogen) atoms. The van der Waals surface area contributed by atoms with Crippen LogP contribution >= 0.6 is 0 Å². The van der Waals surface area contributed by atoms with E-state index < -0.39 is 17.9 Å². The van der Waals surface area contributed by atoms with Gasteiger partial charge in [0.25, 0.3) is 5.92 Å². The fraction of sp³-hybridized carbons (Fsp3) is 0.333. The number of ether oxygens (including phenoxy) is 6. The van der Waals surface area contributed by atoms with Gasteiger partial charge in [0.1, 0.15) is 23.0 Å². The fourth-order valence-corrected chi connectivity index (χ4v) is 6.14. The van der Waals surface area contributed by atoms with Crippen LogP contribution in [0.2, 0.25) is 0 Å². The van der Waals surface area contributed by atoms with Crippen LogP contribution < -0.4 is 18.9 Å². The Morgan fingerprint density at radius 1 is 0.509 bits per heavy atom. The Kier molecular flexibility index (Phi) is 15.3. The maximum atomic E-state index is 15.8. The van der Waals surface area contributed by atoms with Crippen LogP contribution in [0.1, 0.15) is 73.6 Å². The Labute approximate surface area is 321 Å². The van der Waals surface area contributed by atoms with Crippen molar-refractivity contribution >= 4 is 11.9 Å². The molecule has 0 atom stereocenters. The second-order valence-corrected chi connectivity index (χ2v) is 13.1. The average Bonchev–Trinajstić information content (AvgIpc) is 3.42. The first-order valence-electron chi connectivity index (χ1n) is 18.7. The number of fused-ring (bicyclic) bond motifs is 3. The van der Waals surface area contributed by atoms with E-state index in [0.29, 0.717) is 61.2 Å². The van der Waals surface area contributed by atoms with Crippen LogP contribution in [0.25, 0.3) is 11.1 Å². The van der Waals surface area contributed by atoms with E-state index in [4.69, 9.17) is 28.4 Å². The summed E-state index contributed by atoms with van der Waals surface area (Å²) in [6.45, 7) is 8.54. The Bertz CT molecular complexity index is 1870. The predicted molar refractivity (Wildman–Crippen MR) is 207 cm³/mol. The maximum absolute atomic E-state index is 15.8. The highest BCUT2D eigenvalue weighted by Crippen LogP contribution is 2.52. The molecule has 5 rings (SSSR count). The first kappa shape index (κ1) is 40.5. The number of hydrogen-bond acceptors (Lipinski definition) is 8. The molecule has 4 aromatic carbocycles. The van der Waals surface area contributed by atoms with Crippen LogP contribution in [-0.4, -0.2) is 45.2 Å². The molecule has 8 nitrogen and oxygen atoms in total. The van der Waals surface area contributed by atoms with Crippen molar-refractivity contribution in [3.63, 3.8) is 0 Å². The Hall–Kier alpha value is -5.64. The van der Waals surface area contributed by atoms with E-state index >= 15 is 8.78 Å². The van der Waals surface area contributed by atoms with E-state index in [1.54, 1.807) is 48.5 Å². The number of benzene rings is 4. The molecule has 0 heterocycles. The SMILES string of the molecule is C=CC(=O)OCCCCCCOc1ccc(Cc2ccc3c(c2)C(F)(F)c2cc(OCOc4ccc(OCCCCCCOC(=O)C=C)cc4)ccc2-3)cc1. The van der Waals surface area contributed by atoms with Gasteiger partial charge in [-0.25, -0.2) is 9.59 Å². The lowest BCUT2D eigenvalue weighted by atomic mass is 9.98. The van der Waals surface area contributed by atoms with Crippen molar-refractivity contribution < 1.29 is 46.8 Å². The minimum absolute atomic E-state index is 0.0129. The molecule has 0 N–H and O–H groups in total. The normalized spacial score (nSPS) is 12.2. The molecule has 0 radical (unpaired) electrons. The summed E-state index contributed by atoms with van der Waals surface area (Å²) in [5.74, 6) is -1.66. The summed E-state index contributed by atoms with van der Waals surface area (Å²) < 4.78 is 64.7. The summed E-state index contributed by atoms with van der Waals surface area (Å²) in [4.78, 5) is 22.1. The van der Waals surface area contributed by atoms with Crippen molar-refractivity contribution in [2.24, 2.45) is 0 Å². The van der Waals surface area contributed by atoms with E-state index in [9.17, 15) is 9.59 Å². The standard InChI is InChI=1S/C45H48F2O8/c1-3-43(48)52-27-11-7-5-9-25-50-35-16-13-33(14-17-35)29-34-15-23-39-40-24-22-38(31-42(40)45(46,47)41(39)30-34)55-32-54-37-20-18-36(19-21-37)51-26-10-6-8-12-28-53-44(49)4-2/h3-4,13-24,30-31H,1-2,5-12,25-29,32H2.